The summed E-state index contributed by atoms with van der Waals surface area (Å²) in [5.74, 6) is -1.85. The highest BCUT2D eigenvalue weighted by molar-refractivity contribution is 6.02. The Bertz CT molecular complexity index is 472. The molecule has 19 heavy (non-hydrogen) atoms. The number of aromatic hydroxyl groups is 1. The fraction of sp³-hybridized carbons (Fsp3) is 0.385. The smallest absolute Gasteiger partial charge is 0.252 e. The van der Waals surface area contributed by atoms with Crippen molar-refractivity contribution >= 4 is 11.7 Å². The molecular formula is C13H17NO5. The van der Waals surface area contributed by atoms with Crippen LogP contribution in [0.2, 0.25) is 0 Å². The predicted molar refractivity (Wildman–Crippen MR) is 67.8 cm³/mol. The summed E-state index contributed by atoms with van der Waals surface area (Å²) in [5, 5.41) is 18.9. The highest BCUT2D eigenvalue weighted by Crippen LogP contribution is 2.19. The van der Waals surface area contributed by atoms with Gasteiger partial charge < -0.3 is 20.7 Å². The van der Waals surface area contributed by atoms with Crippen molar-refractivity contribution in [2.75, 3.05) is 6.61 Å². The summed E-state index contributed by atoms with van der Waals surface area (Å²) in [6.45, 7) is 2.22. The van der Waals surface area contributed by atoms with Crippen LogP contribution >= 0.6 is 0 Å². The molecule has 0 aliphatic rings. The molecule has 1 rings (SSSR count). The number of Topliss-reactive ketones (excluding diaryl/α,β-unsaturated/α-hetero) is 1. The lowest BCUT2D eigenvalue weighted by molar-refractivity contribution is -0.0726. The van der Waals surface area contributed by atoms with Gasteiger partial charge in [0.25, 0.3) is 5.91 Å². The van der Waals surface area contributed by atoms with Crippen molar-refractivity contribution in [3.63, 3.8) is 0 Å². The molecule has 0 heterocycles. The van der Waals surface area contributed by atoms with Gasteiger partial charge in [0.2, 0.25) is 12.1 Å². The van der Waals surface area contributed by atoms with Crippen molar-refractivity contribution in [2.24, 2.45) is 5.73 Å². The zero-order chi connectivity index (χ0) is 14.4. The molecule has 0 aliphatic carbocycles. The number of benzene rings is 1. The van der Waals surface area contributed by atoms with Crippen LogP contribution in [0, 0.1) is 0 Å². The number of ketones is 1. The van der Waals surface area contributed by atoms with Gasteiger partial charge in [-0.1, -0.05) is 13.3 Å². The average molecular weight is 267 g/mol. The number of phenols is 1. The third kappa shape index (κ3) is 4.04. The number of aliphatic hydroxyl groups excluding tert-OH is 1. The standard InChI is InChI=1S/C13H17NO5/c1-2-3-6-19-13(18)11(16)8-4-5-10(15)9(7-8)12(14)17/h4-5,7,13,15,18H,2-3,6H2,1H3,(H2,14,17). The van der Waals surface area contributed by atoms with Crippen molar-refractivity contribution in [1.82, 2.24) is 0 Å². The number of ether oxygens (including phenoxy) is 1. The van der Waals surface area contributed by atoms with E-state index in [4.69, 9.17) is 10.5 Å². The molecule has 0 saturated carbocycles. The number of rotatable bonds is 7. The minimum absolute atomic E-state index is 0.0515. The van der Waals surface area contributed by atoms with Crippen LogP contribution in [0.3, 0.4) is 0 Å². The fourth-order valence-corrected chi connectivity index (χ4v) is 1.44. The highest BCUT2D eigenvalue weighted by atomic mass is 16.6. The molecule has 1 atom stereocenters. The molecule has 0 spiro atoms. The van der Waals surface area contributed by atoms with Gasteiger partial charge in [-0.3, -0.25) is 9.59 Å². The Morgan fingerprint density at radius 3 is 2.68 bits per heavy atom. The van der Waals surface area contributed by atoms with Crippen LogP contribution in [0.4, 0.5) is 0 Å². The molecule has 0 aromatic heterocycles. The van der Waals surface area contributed by atoms with Crippen molar-refractivity contribution in [3.8, 4) is 5.75 Å². The maximum absolute atomic E-state index is 11.8. The molecule has 0 radical (unpaired) electrons. The van der Waals surface area contributed by atoms with Gasteiger partial charge in [-0.25, -0.2) is 0 Å². The minimum Gasteiger partial charge on any atom is -0.507 e. The van der Waals surface area contributed by atoms with E-state index in [-0.39, 0.29) is 23.5 Å². The van der Waals surface area contributed by atoms with Crippen molar-refractivity contribution in [1.29, 1.82) is 0 Å². The van der Waals surface area contributed by atoms with Gasteiger partial charge in [-0.2, -0.15) is 0 Å². The maximum atomic E-state index is 11.8. The van der Waals surface area contributed by atoms with Crippen molar-refractivity contribution in [2.45, 2.75) is 26.1 Å². The van der Waals surface area contributed by atoms with Gasteiger partial charge in [-0.15, -0.1) is 0 Å². The number of aliphatic hydroxyl groups is 1. The molecule has 1 unspecified atom stereocenters. The van der Waals surface area contributed by atoms with Gasteiger partial charge in [-0.05, 0) is 24.6 Å². The van der Waals surface area contributed by atoms with Crippen LogP contribution in [0.15, 0.2) is 18.2 Å². The van der Waals surface area contributed by atoms with Gasteiger partial charge in [0, 0.05) is 5.56 Å². The monoisotopic (exact) mass is 267 g/mol. The molecule has 1 amide bonds. The summed E-state index contributed by atoms with van der Waals surface area (Å²) >= 11 is 0. The summed E-state index contributed by atoms with van der Waals surface area (Å²) < 4.78 is 4.96. The molecule has 104 valence electrons. The third-order valence-electron chi connectivity index (χ3n) is 2.54. The fourth-order valence-electron chi connectivity index (χ4n) is 1.44. The Labute approximate surface area is 110 Å². The SMILES string of the molecule is CCCCOC(O)C(=O)c1ccc(O)c(C(N)=O)c1. The molecule has 1 aromatic rings. The van der Waals surface area contributed by atoms with Gasteiger partial charge >= 0.3 is 0 Å². The lowest BCUT2D eigenvalue weighted by Crippen LogP contribution is -2.25. The number of nitrogens with two attached hydrogens (primary N) is 1. The minimum atomic E-state index is -1.59. The largest absolute Gasteiger partial charge is 0.507 e. The Kier molecular flexibility index (Phi) is 5.47. The van der Waals surface area contributed by atoms with E-state index in [1.54, 1.807) is 0 Å². The Morgan fingerprint density at radius 1 is 1.42 bits per heavy atom. The molecule has 6 nitrogen and oxygen atoms in total. The van der Waals surface area contributed by atoms with E-state index in [2.05, 4.69) is 0 Å². The molecular weight excluding hydrogens is 250 g/mol. The van der Waals surface area contributed by atoms with E-state index in [0.717, 1.165) is 18.9 Å². The maximum Gasteiger partial charge on any atom is 0.252 e. The number of hydrogen-bond donors (Lipinski definition) is 3. The molecule has 0 bridgehead atoms. The van der Waals surface area contributed by atoms with E-state index in [0.29, 0.717) is 0 Å². The Balaban J connectivity index is 2.82. The Morgan fingerprint density at radius 2 is 2.11 bits per heavy atom. The number of amides is 1. The van der Waals surface area contributed by atoms with Crippen LogP contribution in [0.5, 0.6) is 5.75 Å². The number of carbonyl (C=O) groups is 2. The van der Waals surface area contributed by atoms with E-state index < -0.39 is 18.0 Å². The normalized spacial score (nSPS) is 12.1. The molecule has 0 saturated heterocycles. The Hall–Kier alpha value is -1.92. The van der Waals surface area contributed by atoms with Crippen LogP contribution in [-0.4, -0.2) is 34.8 Å². The third-order valence-corrected chi connectivity index (χ3v) is 2.54. The lowest BCUT2D eigenvalue weighted by atomic mass is 10.1. The van der Waals surface area contributed by atoms with E-state index in [1.807, 2.05) is 6.92 Å². The molecule has 6 heteroatoms. The molecule has 1 aromatic carbocycles. The van der Waals surface area contributed by atoms with Crippen LogP contribution in [0.1, 0.15) is 40.5 Å². The summed E-state index contributed by atoms with van der Waals surface area (Å²) in [5.41, 5.74) is 4.93. The number of unbranched alkanes of at least 4 members (excludes halogenated alkanes) is 1. The molecule has 4 N–H and O–H groups in total. The van der Waals surface area contributed by atoms with E-state index >= 15 is 0 Å². The van der Waals surface area contributed by atoms with Gasteiger partial charge in [0.1, 0.15) is 5.75 Å². The first-order valence-corrected chi connectivity index (χ1v) is 5.94. The number of carbonyl (C=O) groups excluding carboxylic acids is 2. The predicted octanol–water partition coefficient (Wildman–Crippen LogP) is 0.809. The second-order valence-corrected chi connectivity index (χ2v) is 4.04. The topological polar surface area (TPSA) is 110 Å². The number of hydrogen-bond acceptors (Lipinski definition) is 5. The van der Waals surface area contributed by atoms with Crippen molar-refractivity contribution in [3.05, 3.63) is 29.3 Å². The quantitative estimate of drug-likeness (QED) is 0.384. The summed E-state index contributed by atoms with van der Waals surface area (Å²) in [6.07, 6.45) is 0.0232. The summed E-state index contributed by atoms with van der Waals surface area (Å²) in [6, 6.07) is 3.59. The average Bonchev–Trinajstić information content (AvgIpc) is 2.38. The van der Waals surface area contributed by atoms with Gasteiger partial charge in [0.15, 0.2) is 0 Å². The molecule has 0 aliphatic heterocycles. The first kappa shape index (κ1) is 15.1. The molecule has 0 fully saturated rings. The van der Waals surface area contributed by atoms with Crippen LogP contribution in [0.25, 0.3) is 0 Å². The lowest BCUT2D eigenvalue weighted by Gasteiger charge is -2.11. The summed E-state index contributed by atoms with van der Waals surface area (Å²) in [4.78, 5) is 22.9. The zero-order valence-corrected chi connectivity index (χ0v) is 10.6. The second-order valence-electron chi connectivity index (χ2n) is 4.04. The first-order chi connectivity index (χ1) is 8.97. The second kappa shape index (κ2) is 6.86. The van der Waals surface area contributed by atoms with Crippen LogP contribution < -0.4 is 5.73 Å². The first-order valence-electron chi connectivity index (χ1n) is 5.94. The van der Waals surface area contributed by atoms with E-state index in [1.165, 1.54) is 12.1 Å². The van der Waals surface area contributed by atoms with Crippen molar-refractivity contribution < 1.29 is 24.5 Å². The van der Waals surface area contributed by atoms with Gasteiger partial charge in [0.05, 0.1) is 12.2 Å². The van der Waals surface area contributed by atoms with Crippen LogP contribution in [-0.2, 0) is 4.74 Å². The summed E-state index contributed by atoms with van der Waals surface area (Å²) in [7, 11) is 0. The highest BCUT2D eigenvalue weighted by Gasteiger charge is 2.19. The van der Waals surface area contributed by atoms with E-state index in [9.17, 15) is 19.8 Å². The number of primary amides is 1. The zero-order valence-electron chi connectivity index (χ0n) is 10.6.